The first kappa shape index (κ1) is 14.7. The molecule has 0 saturated carbocycles. The number of ether oxygens (including phenoxy) is 2. The summed E-state index contributed by atoms with van der Waals surface area (Å²) in [6.45, 7) is 0.681. The Hall–Kier alpha value is -1.66. The number of halogens is 1. The fourth-order valence-electron chi connectivity index (χ4n) is 2.19. The van der Waals surface area contributed by atoms with Gasteiger partial charge >= 0.3 is 0 Å². The van der Waals surface area contributed by atoms with Crippen LogP contribution >= 0.6 is 0 Å². The number of hydrogen-bond acceptors (Lipinski definition) is 4. The number of rotatable bonds is 5. The molecule has 0 unspecified atom stereocenters. The van der Waals surface area contributed by atoms with Gasteiger partial charge in [-0.2, -0.15) is 0 Å². The number of carbonyl (C=O) groups is 1. The second-order valence-corrected chi connectivity index (χ2v) is 4.75. The maximum Gasteiger partial charge on any atom is 0.249 e. The summed E-state index contributed by atoms with van der Waals surface area (Å²) < 4.78 is 23.8. The van der Waals surface area contributed by atoms with Crippen molar-refractivity contribution in [3.63, 3.8) is 0 Å². The number of amides is 1. The van der Waals surface area contributed by atoms with E-state index in [9.17, 15) is 9.18 Å². The van der Waals surface area contributed by atoms with Gasteiger partial charge in [-0.3, -0.25) is 4.79 Å². The van der Waals surface area contributed by atoms with Crippen LogP contribution in [0, 0.1) is 5.82 Å². The van der Waals surface area contributed by atoms with Gasteiger partial charge in [-0.05, 0) is 30.5 Å². The second kappa shape index (κ2) is 6.67. The highest BCUT2D eigenvalue weighted by molar-refractivity contribution is 5.81. The van der Waals surface area contributed by atoms with E-state index in [0.29, 0.717) is 18.5 Å². The Morgan fingerprint density at radius 2 is 2.35 bits per heavy atom. The standard InChI is InChI=1S/C14H19FN2O3/c1-19-12-4-2-9(6-11(12)15)8-17-14(18)13-5-3-10(7-16)20-13/h2,4,6,10,13H,3,5,7-8,16H2,1H3,(H,17,18)/t10-,13+/m1/s1. The summed E-state index contributed by atoms with van der Waals surface area (Å²) in [6.07, 6.45) is 0.979. The van der Waals surface area contributed by atoms with Crippen molar-refractivity contribution in [3.8, 4) is 5.75 Å². The molecule has 2 rings (SSSR count). The van der Waals surface area contributed by atoms with E-state index in [1.54, 1.807) is 6.07 Å². The van der Waals surface area contributed by atoms with Crippen LogP contribution in [0.3, 0.4) is 0 Å². The Balaban J connectivity index is 1.86. The lowest BCUT2D eigenvalue weighted by molar-refractivity contribution is -0.132. The molecule has 1 saturated heterocycles. The molecule has 2 atom stereocenters. The molecule has 1 fully saturated rings. The Bertz CT molecular complexity index is 481. The monoisotopic (exact) mass is 282 g/mol. The summed E-state index contributed by atoms with van der Waals surface area (Å²) in [5.41, 5.74) is 6.17. The van der Waals surface area contributed by atoms with Gasteiger partial charge in [0.25, 0.3) is 0 Å². The zero-order valence-electron chi connectivity index (χ0n) is 11.4. The van der Waals surface area contributed by atoms with Crippen molar-refractivity contribution in [1.82, 2.24) is 5.32 Å². The molecule has 1 aliphatic heterocycles. The van der Waals surface area contributed by atoms with Crippen molar-refractivity contribution >= 4 is 5.91 Å². The molecule has 1 amide bonds. The quantitative estimate of drug-likeness (QED) is 0.843. The molecule has 1 heterocycles. The molecule has 6 heteroatoms. The van der Waals surface area contributed by atoms with Crippen LogP contribution < -0.4 is 15.8 Å². The highest BCUT2D eigenvalue weighted by Gasteiger charge is 2.29. The SMILES string of the molecule is COc1ccc(CNC(=O)[C@@H]2CC[C@H](CN)O2)cc1F. The normalized spacial score (nSPS) is 21.8. The summed E-state index contributed by atoms with van der Waals surface area (Å²) in [6, 6.07) is 4.59. The largest absolute Gasteiger partial charge is 0.494 e. The first-order chi connectivity index (χ1) is 9.63. The van der Waals surface area contributed by atoms with Crippen molar-refractivity contribution in [3.05, 3.63) is 29.6 Å². The highest BCUT2D eigenvalue weighted by atomic mass is 19.1. The van der Waals surface area contributed by atoms with E-state index < -0.39 is 11.9 Å². The molecular weight excluding hydrogens is 263 g/mol. The first-order valence-corrected chi connectivity index (χ1v) is 6.59. The summed E-state index contributed by atoms with van der Waals surface area (Å²) in [7, 11) is 1.41. The molecule has 0 spiro atoms. The smallest absolute Gasteiger partial charge is 0.249 e. The van der Waals surface area contributed by atoms with Crippen LogP contribution in [0.2, 0.25) is 0 Å². The number of nitrogens with one attached hydrogen (secondary N) is 1. The lowest BCUT2D eigenvalue weighted by Crippen LogP contribution is -2.35. The van der Waals surface area contributed by atoms with Crippen molar-refractivity contribution < 1.29 is 18.7 Å². The van der Waals surface area contributed by atoms with Crippen LogP contribution in [-0.2, 0) is 16.1 Å². The Morgan fingerprint density at radius 3 is 2.95 bits per heavy atom. The van der Waals surface area contributed by atoms with E-state index in [1.807, 2.05) is 0 Å². The van der Waals surface area contributed by atoms with Crippen LogP contribution in [0.1, 0.15) is 18.4 Å². The third-order valence-corrected chi connectivity index (χ3v) is 3.35. The number of carbonyl (C=O) groups excluding carboxylic acids is 1. The molecule has 0 bridgehead atoms. The number of nitrogens with two attached hydrogens (primary N) is 1. The molecule has 5 nitrogen and oxygen atoms in total. The van der Waals surface area contributed by atoms with Gasteiger partial charge in [0.2, 0.25) is 5.91 Å². The summed E-state index contributed by atoms with van der Waals surface area (Å²) in [4.78, 5) is 11.9. The average Bonchev–Trinajstić information content (AvgIpc) is 2.94. The molecule has 0 aromatic heterocycles. The van der Waals surface area contributed by atoms with Crippen molar-refractivity contribution in [2.45, 2.75) is 31.6 Å². The van der Waals surface area contributed by atoms with Gasteiger partial charge in [0.1, 0.15) is 6.10 Å². The van der Waals surface area contributed by atoms with Crippen molar-refractivity contribution in [2.75, 3.05) is 13.7 Å². The fraction of sp³-hybridized carbons (Fsp3) is 0.500. The van der Waals surface area contributed by atoms with Crippen LogP contribution in [0.5, 0.6) is 5.75 Å². The number of methoxy groups -OCH3 is 1. The minimum absolute atomic E-state index is 0.0378. The van der Waals surface area contributed by atoms with E-state index in [1.165, 1.54) is 19.2 Å². The Labute approximate surface area is 117 Å². The van der Waals surface area contributed by atoms with Crippen LogP contribution in [-0.4, -0.2) is 31.8 Å². The van der Waals surface area contributed by atoms with Gasteiger partial charge in [-0.15, -0.1) is 0 Å². The molecule has 0 aliphatic carbocycles. The van der Waals surface area contributed by atoms with Gasteiger partial charge in [0.05, 0.1) is 13.2 Å². The molecule has 0 radical (unpaired) electrons. The fourth-order valence-corrected chi connectivity index (χ4v) is 2.19. The molecule has 1 aromatic carbocycles. The van der Waals surface area contributed by atoms with Gasteiger partial charge in [0.15, 0.2) is 11.6 Å². The minimum Gasteiger partial charge on any atom is -0.494 e. The van der Waals surface area contributed by atoms with E-state index in [4.69, 9.17) is 15.2 Å². The lowest BCUT2D eigenvalue weighted by Gasteiger charge is -2.13. The van der Waals surface area contributed by atoms with Gasteiger partial charge in [0, 0.05) is 13.1 Å². The van der Waals surface area contributed by atoms with Crippen LogP contribution in [0.15, 0.2) is 18.2 Å². The van der Waals surface area contributed by atoms with Crippen LogP contribution in [0.25, 0.3) is 0 Å². The predicted octanol–water partition coefficient (Wildman–Crippen LogP) is 0.957. The summed E-state index contributed by atoms with van der Waals surface area (Å²) in [5.74, 6) is -0.443. The molecular formula is C14H19FN2O3. The van der Waals surface area contributed by atoms with E-state index in [2.05, 4.69) is 5.32 Å². The molecule has 110 valence electrons. The van der Waals surface area contributed by atoms with Crippen molar-refractivity contribution in [2.24, 2.45) is 5.73 Å². The molecule has 3 N–H and O–H groups in total. The molecule has 20 heavy (non-hydrogen) atoms. The lowest BCUT2D eigenvalue weighted by atomic mass is 10.1. The van der Waals surface area contributed by atoms with Gasteiger partial charge in [-0.25, -0.2) is 4.39 Å². The third kappa shape index (κ3) is 3.46. The average molecular weight is 282 g/mol. The molecule has 1 aliphatic rings. The third-order valence-electron chi connectivity index (χ3n) is 3.35. The van der Waals surface area contributed by atoms with E-state index in [-0.39, 0.29) is 24.3 Å². The maximum atomic E-state index is 13.5. The second-order valence-electron chi connectivity index (χ2n) is 4.75. The zero-order chi connectivity index (χ0) is 14.5. The van der Waals surface area contributed by atoms with E-state index in [0.717, 1.165) is 6.42 Å². The highest BCUT2D eigenvalue weighted by Crippen LogP contribution is 2.20. The van der Waals surface area contributed by atoms with Crippen molar-refractivity contribution in [1.29, 1.82) is 0 Å². The van der Waals surface area contributed by atoms with Crippen LogP contribution in [0.4, 0.5) is 4.39 Å². The predicted molar refractivity (Wildman–Crippen MR) is 71.7 cm³/mol. The zero-order valence-corrected chi connectivity index (χ0v) is 11.4. The summed E-state index contributed by atoms with van der Waals surface area (Å²) >= 11 is 0. The minimum atomic E-state index is -0.452. The first-order valence-electron chi connectivity index (χ1n) is 6.59. The maximum absolute atomic E-state index is 13.5. The van der Waals surface area contributed by atoms with Gasteiger partial charge < -0.3 is 20.5 Å². The van der Waals surface area contributed by atoms with Gasteiger partial charge in [-0.1, -0.05) is 6.07 Å². The number of benzene rings is 1. The van der Waals surface area contributed by atoms with E-state index >= 15 is 0 Å². The Morgan fingerprint density at radius 1 is 1.55 bits per heavy atom. The number of hydrogen-bond donors (Lipinski definition) is 2. The summed E-state index contributed by atoms with van der Waals surface area (Å²) in [5, 5.41) is 2.74. The Kier molecular flexibility index (Phi) is 4.92. The topological polar surface area (TPSA) is 73.6 Å². The molecule has 1 aromatic rings.